The Labute approximate surface area is 122 Å². The van der Waals surface area contributed by atoms with Gasteiger partial charge in [0, 0.05) is 32.3 Å². The molecule has 1 N–H and O–H groups in total. The highest BCUT2D eigenvalue weighted by atomic mass is 19.1. The summed E-state index contributed by atoms with van der Waals surface area (Å²) in [5.74, 6) is -1.74. The third-order valence-corrected chi connectivity index (χ3v) is 3.92. The van der Waals surface area contributed by atoms with E-state index in [2.05, 4.69) is 0 Å². The number of carbonyl (C=O) groups is 2. The minimum Gasteiger partial charge on any atom is -0.481 e. The van der Waals surface area contributed by atoms with E-state index in [-0.39, 0.29) is 18.6 Å². The van der Waals surface area contributed by atoms with Gasteiger partial charge >= 0.3 is 5.97 Å². The van der Waals surface area contributed by atoms with Gasteiger partial charge in [0.05, 0.1) is 0 Å². The van der Waals surface area contributed by atoms with Crippen LogP contribution in [-0.2, 0) is 15.0 Å². The standard InChI is InChI=1S/C16H18FNO3/c1-10-12(5-4-6-13(10)17)16(15(20)21)7-11(9-18(2)3)14(19)8-16/h4-6,9H,7-8H2,1-3H3,(H,20,21). The van der Waals surface area contributed by atoms with Crippen LogP contribution in [0.4, 0.5) is 4.39 Å². The van der Waals surface area contributed by atoms with E-state index in [1.807, 2.05) is 0 Å². The lowest BCUT2D eigenvalue weighted by molar-refractivity contribution is -0.144. The Kier molecular flexibility index (Phi) is 3.85. The summed E-state index contributed by atoms with van der Waals surface area (Å²) in [7, 11) is 3.54. The maximum atomic E-state index is 13.8. The Morgan fingerprint density at radius 2 is 2.05 bits per heavy atom. The summed E-state index contributed by atoms with van der Waals surface area (Å²) < 4.78 is 13.8. The number of allylic oxidation sites excluding steroid dienone is 1. The quantitative estimate of drug-likeness (QED) is 0.868. The lowest BCUT2D eigenvalue weighted by Crippen LogP contribution is -2.34. The van der Waals surface area contributed by atoms with Crippen LogP contribution in [0.5, 0.6) is 0 Å². The van der Waals surface area contributed by atoms with Gasteiger partial charge in [-0.2, -0.15) is 0 Å². The van der Waals surface area contributed by atoms with E-state index in [1.165, 1.54) is 12.1 Å². The normalized spacial score (nSPS) is 23.6. The molecule has 1 aliphatic rings. The molecule has 0 amide bonds. The van der Waals surface area contributed by atoms with E-state index < -0.39 is 17.2 Å². The molecule has 0 aromatic heterocycles. The van der Waals surface area contributed by atoms with Crippen LogP contribution in [0.1, 0.15) is 24.0 Å². The summed E-state index contributed by atoms with van der Waals surface area (Å²) in [6.45, 7) is 1.55. The van der Waals surface area contributed by atoms with Crippen molar-refractivity contribution in [3.8, 4) is 0 Å². The number of carboxylic acids is 1. The molecule has 1 atom stereocenters. The molecule has 1 aromatic carbocycles. The first-order chi connectivity index (χ1) is 9.78. The Hall–Kier alpha value is -2.17. The van der Waals surface area contributed by atoms with Crippen molar-refractivity contribution in [3.63, 3.8) is 0 Å². The van der Waals surface area contributed by atoms with Crippen LogP contribution >= 0.6 is 0 Å². The Morgan fingerprint density at radius 3 is 2.62 bits per heavy atom. The van der Waals surface area contributed by atoms with E-state index >= 15 is 0 Å². The van der Waals surface area contributed by atoms with E-state index in [0.29, 0.717) is 16.7 Å². The fraction of sp³-hybridized carbons (Fsp3) is 0.375. The summed E-state index contributed by atoms with van der Waals surface area (Å²) in [5, 5.41) is 9.69. The highest BCUT2D eigenvalue weighted by Crippen LogP contribution is 2.44. The zero-order valence-corrected chi connectivity index (χ0v) is 12.3. The van der Waals surface area contributed by atoms with Crippen LogP contribution in [0.3, 0.4) is 0 Å². The molecular weight excluding hydrogens is 273 g/mol. The van der Waals surface area contributed by atoms with Crippen LogP contribution in [-0.4, -0.2) is 35.9 Å². The van der Waals surface area contributed by atoms with Crippen molar-refractivity contribution in [1.82, 2.24) is 4.90 Å². The molecule has 1 aliphatic carbocycles. The summed E-state index contributed by atoms with van der Waals surface area (Å²) in [4.78, 5) is 25.7. The van der Waals surface area contributed by atoms with E-state index in [1.54, 1.807) is 38.2 Å². The topological polar surface area (TPSA) is 57.6 Å². The second-order valence-corrected chi connectivity index (χ2v) is 5.69. The fourth-order valence-corrected chi connectivity index (χ4v) is 2.89. The van der Waals surface area contributed by atoms with Gasteiger partial charge in [-0.25, -0.2) is 4.39 Å². The number of aliphatic carboxylic acids is 1. The number of benzene rings is 1. The highest BCUT2D eigenvalue weighted by Gasteiger charge is 2.50. The van der Waals surface area contributed by atoms with Crippen molar-refractivity contribution in [2.75, 3.05) is 14.1 Å². The molecule has 1 unspecified atom stereocenters. The number of carbonyl (C=O) groups excluding carboxylic acids is 1. The van der Waals surface area contributed by atoms with Crippen molar-refractivity contribution in [3.05, 3.63) is 46.9 Å². The van der Waals surface area contributed by atoms with Gasteiger partial charge in [0.2, 0.25) is 0 Å². The second-order valence-electron chi connectivity index (χ2n) is 5.69. The lowest BCUT2D eigenvalue weighted by Gasteiger charge is -2.25. The molecule has 0 saturated heterocycles. The van der Waals surface area contributed by atoms with Crippen LogP contribution < -0.4 is 0 Å². The number of ketones is 1. The average molecular weight is 291 g/mol. The van der Waals surface area contributed by atoms with Crippen molar-refractivity contribution in [2.45, 2.75) is 25.2 Å². The molecule has 1 saturated carbocycles. The van der Waals surface area contributed by atoms with Crippen LogP contribution in [0.25, 0.3) is 0 Å². The lowest BCUT2D eigenvalue weighted by atomic mass is 9.76. The Balaban J connectivity index is 2.57. The zero-order chi connectivity index (χ0) is 15.8. The predicted molar refractivity (Wildman–Crippen MR) is 76.5 cm³/mol. The van der Waals surface area contributed by atoms with Gasteiger partial charge in [0.1, 0.15) is 11.2 Å². The number of hydrogen-bond acceptors (Lipinski definition) is 3. The predicted octanol–water partition coefficient (Wildman–Crippen LogP) is 2.26. The number of carboxylic acid groups (broad SMARTS) is 1. The van der Waals surface area contributed by atoms with Gasteiger partial charge < -0.3 is 10.0 Å². The largest absolute Gasteiger partial charge is 0.481 e. The van der Waals surface area contributed by atoms with Crippen molar-refractivity contribution >= 4 is 11.8 Å². The zero-order valence-electron chi connectivity index (χ0n) is 12.3. The highest BCUT2D eigenvalue weighted by molar-refractivity contribution is 6.05. The summed E-state index contributed by atoms with van der Waals surface area (Å²) >= 11 is 0. The van der Waals surface area contributed by atoms with Gasteiger partial charge in [0.25, 0.3) is 0 Å². The van der Waals surface area contributed by atoms with Gasteiger partial charge in [-0.3, -0.25) is 9.59 Å². The fourth-order valence-electron chi connectivity index (χ4n) is 2.89. The van der Waals surface area contributed by atoms with Gasteiger partial charge in [-0.15, -0.1) is 0 Å². The van der Waals surface area contributed by atoms with Gasteiger partial charge in [-0.1, -0.05) is 12.1 Å². The smallest absolute Gasteiger partial charge is 0.314 e. The number of Topliss-reactive ketones (excluding diaryl/α,β-unsaturated/α-hetero) is 1. The van der Waals surface area contributed by atoms with Gasteiger partial charge in [0.15, 0.2) is 5.78 Å². The molecule has 21 heavy (non-hydrogen) atoms. The first kappa shape index (κ1) is 15.2. The molecule has 0 aliphatic heterocycles. The minimum atomic E-state index is -1.37. The summed E-state index contributed by atoms with van der Waals surface area (Å²) in [5.41, 5.74) is -0.235. The first-order valence-electron chi connectivity index (χ1n) is 6.67. The molecule has 5 heteroatoms. The average Bonchev–Trinajstić information content (AvgIpc) is 2.70. The van der Waals surface area contributed by atoms with Crippen LogP contribution in [0.2, 0.25) is 0 Å². The molecule has 0 bridgehead atoms. The number of halogens is 1. The van der Waals surface area contributed by atoms with Gasteiger partial charge in [-0.05, 0) is 30.5 Å². The number of rotatable bonds is 3. The van der Waals surface area contributed by atoms with Crippen LogP contribution in [0.15, 0.2) is 30.0 Å². The maximum absolute atomic E-state index is 13.8. The molecule has 0 heterocycles. The third-order valence-electron chi connectivity index (χ3n) is 3.92. The molecule has 1 aromatic rings. The number of nitrogens with zero attached hydrogens (tertiary/aromatic N) is 1. The first-order valence-corrected chi connectivity index (χ1v) is 6.67. The molecule has 0 radical (unpaired) electrons. The van der Waals surface area contributed by atoms with E-state index in [4.69, 9.17) is 0 Å². The van der Waals surface area contributed by atoms with E-state index in [9.17, 15) is 19.1 Å². The van der Waals surface area contributed by atoms with Crippen molar-refractivity contribution < 1.29 is 19.1 Å². The molecule has 1 fully saturated rings. The third kappa shape index (κ3) is 2.55. The SMILES string of the molecule is Cc1c(F)cccc1C1(C(=O)O)CC(=O)C(=CN(C)C)C1. The van der Waals surface area contributed by atoms with Crippen LogP contribution in [0, 0.1) is 12.7 Å². The van der Waals surface area contributed by atoms with Crippen molar-refractivity contribution in [1.29, 1.82) is 0 Å². The Bertz CT molecular complexity index is 636. The molecule has 0 spiro atoms. The Morgan fingerprint density at radius 1 is 1.38 bits per heavy atom. The monoisotopic (exact) mass is 291 g/mol. The minimum absolute atomic E-state index is 0.0869. The second kappa shape index (κ2) is 5.31. The summed E-state index contributed by atoms with van der Waals surface area (Å²) in [6, 6.07) is 4.38. The molecular formula is C16H18FNO3. The molecule has 112 valence electrons. The molecule has 2 rings (SSSR count). The number of hydrogen-bond donors (Lipinski definition) is 1. The van der Waals surface area contributed by atoms with E-state index in [0.717, 1.165) is 0 Å². The molecule has 4 nitrogen and oxygen atoms in total. The maximum Gasteiger partial charge on any atom is 0.314 e. The summed E-state index contributed by atoms with van der Waals surface area (Å²) in [6.07, 6.45) is 1.59. The van der Waals surface area contributed by atoms with Crippen molar-refractivity contribution in [2.24, 2.45) is 0 Å².